The summed E-state index contributed by atoms with van der Waals surface area (Å²) >= 11 is 1.04. The normalized spacial score (nSPS) is 24.0. The van der Waals surface area contributed by atoms with Crippen molar-refractivity contribution in [3.8, 4) is 0 Å². The monoisotopic (exact) mass is 576 g/mol. The molecule has 210 valence electrons. The predicted octanol–water partition coefficient (Wildman–Crippen LogP) is 2.95. The van der Waals surface area contributed by atoms with E-state index in [1.807, 2.05) is 34.9 Å². The van der Waals surface area contributed by atoms with E-state index < -0.39 is 13.2 Å². The number of benzene rings is 1. The minimum Gasteiger partial charge on any atom is -0.395 e. The van der Waals surface area contributed by atoms with Crippen molar-refractivity contribution in [1.82, 2.24) is 24.6 Å². The first-order valence-electron chi connectivity index (χ1n) is 12.8. The lowest BCUT2D eigenvalue weighted by Crippen LogP contribution is -2.26. The van der Waals surface area contributed by atoms with Gasteiger partial charge >= 0.3 is 7.75 Å². The van der Waals surface area contributed by atoms with E-state index in [2.05, 4.69) is 20.0 Å². The number of rotatable bonds is 13. The summed E-state index contributed by atoms with van der Waals surface area (Å²) in [5.74, 6) is 0.888. The Morgan fingerprint density at radius 1 is 1.28 bits per heavy atom. The second-order valence-corrected chi connectivity index (χ2v) is 13.2. The first-order valence-corrected chi connectivity index (χ1v) is 15.3. The quantitative estimate of drug-likeness (QED) is 0.202. The summed E-state index contributed by atoms with van der Waals surface area (Å²) in [6, 6.07) is 9.63. The van der Waals surface area contributed by atoms with Crippen LogP contribution in [0.2, 0.25) is 0 Å². The van der Waals surface area contributed by atoms with Crippen LogP contribution in [-0.4, -0.2) is 67.5 Å². The number of carbonyl (C=O) groups excluding carboxylic acids is 1. The summed E-state index contributed by atoms with van der Waals surface area (Å²) in [6.45, 7) is 3.53. The number of hydrogen-bond donors (Lipinski definition) is 3. The van der Waals surface area contributed by atoms with E-state index in [0.29, 0.717) is 23.5 Å². The van der Waals surface area contributed by atoms with Gasteiger partial charge in [0.25, 0.3) is 0 Å². The van der Waals surface area contributed by atoms with Crippen molar-refractivity contribution in [3.05, 3.63) is 48.5 Å². The zero-order chi connectivity index (χ0) is 27.6. The number of aliphatic hydroxyl groups is 1. The summed E-state index contributed by atoms with van der Waals surface area (Å²) in [7, 11) is -3.70. The van der Waals surface area contributed by atoms with Gasteiger partial charge in [-0.1, -0.05) is 42.1 Å². The Balaban J connectivity index is 1.15. The lowest BCUT2D eigenvalue weighted by Gasteiger charge is -2.23. The average Bonchev–Trinajstić information content (AvgIpc) is 3.25. The molecule has 1 saturated heterocycles. The first kappa shape index (κ1) is 28.2. The molecule has 5 atom stereocenters. The number of nitrogen functional groups attached to an aromatic ring is 1. The summed E-state index contributed by atoms with van der Waals surface area (Å²) in [5.41, 5.74) is 7.24. The Labute approximate surface area is 230 Å². The topological polar surface area (TPSA) is 164 Å². The number of anilines is 1. The lowest BCUT2D eigenvalue weighted by atomic mass is 9.97. The molecular formula is C25H33N6O6PS. The van der Waals surface area contributed by atoms with Gasteiger partial charge < -0.3 is 20.1 Å². The zero-order valence-corrected chi connectivity index (χ0v) is 23.5. The summed E-state index contributed by atoms with van der Waals surface area (Å²) in [6.07, 6.45) is 3.63. The highest BCUT2D eigenvalue weighted by Gasteiger charge is 2.59. The molecule has 39 heavy (non-hydrogen) atoms. The molecule has 0 bridgehead atoms. The van der Waals surface area contributed by atoms with Crippen LogP contribution in [0.4, 0.5) is 5.82 Å². The van der Waals surface area contributed by atoms with E-state index in [1.54, 1.807) is 20.2 Å². The molecular weight excluding hydrogens is 543 g/mol. The number of aliphatic hydroxyl groups excluding tert-OH is 1. The minimum atomic E-state index is -3.70. The minimum absolute atomic E-state index is 0.0120. The number of nitrogens with one attached hydrogen (secondary N) is 1. The molecule has 1 aromatic carbocycles. The number of ether oxygens (including phenoxy) is 1. The number of aromatic nitrogens is 4. The zero-order valence-electron chi connectivity index (χ0n) is 21.8. The van der Waals surface area contributed by atoms with Gasteiger partial charge in [0.15, 0.2) is 16.6 Å². The molecule has 1 saturated carbocycles. The van der Waals surface area contributed by atoms with E-state index in [1.165, 1.54) is 6.33 Å². The molecule has 5 rings (SSSR count). The number of nitrogens with two attached hydrogens (primary N) is 1. The lowest BCUT2D eigenvalue weighted by molar-refractivity contribution is -0.119. The van der Waals surface area contributed by atoms with Crippen molar-refractivity contribution >= 4 is 41.6 Å². The maximum atomic E-state index is 13.6. The van der Waals surface area contributed by atoms with Crippen molar-refractivity contribution in [2.45, 2.75) is 45.1 Å². The Bertz CT molecular complexity index is 1350. The smallest absolute Gasteiger partial charge is 0.395 e. The second kappa shape index (κ2) is 11.6. The van der Waals surface area contributed by atoms with E-state index in [0.717, 1.165) is 23.7 Å². The molecule has 1 aliphatic heterocycles. The van der Waals surface area contributed by atoms with Crippen molar-refractivity contribution in [2.75, 3.05) is 31.3 Å². The van der Waals surface area contributed by atoms with Crippen LogP contribution in [0.15, 0.2) is 43.0 Å². The molecule has 3 heterocycles. The molecule has 4 N–H and O–H groups in total. The van der Waals surface area contributed by atoms with Crippen LogP contribution in [0.5, 0.6) is 0 Å². The highest BCUT2D eigenvalue weighted by Crippen LogP contribution is 2.56. The molecule has 12 nitrogen and oxygen atoms in total. The summed E-state index contributed by atoms with van der Waals surface area (Å²) in [4.78, 5) is 24.9. The molecule has 3 unspecified atom stereocenters. The second-order valence-electron chi connectivity index (χ2n) is 10.3. The van der Waals surface area contributed by atoms with E-state index in [-0.39, 0.29) is 54.9 Å². The van der Waals surface area contributed by atoms with Gasteiger partial charge in [0.2, 0.25) is 0 Å². The fourth-order valence-electron chi connectivity index (χ4n) is 4.57. The van der Waals surface area contributed by atoms with E-state index >= 15 is 0 Å². The standard InChI is InChI=1S/C25H33N6O6PS/c1-25(2,13-32)24(33)39-9-8-35-38(34,30-11-16-6-4-3-5-7-16)36-12-17-10-18-20(21(18)37-17)31-15-29-19-22(26)27-14-28-23(19)31/h3-7,14-15,17-18,20-21,32H,8-13H2,1-2H3,(H,30,34)(H2,26,27,28)/t17-,18?,20?,21+,38?/m1/s1. The Morgan fingerprint density at radius 2 is 2.08 bits per heavy atom. The summed E-state index contributed by atoms with van der Waals surface area (Å²) in [5, 5.41) is 12.2. The van der Waals surface area contributed by atoms with Crippen LogP contribution in [0, 0.1) is 11.3 Å². The third kappa shape index (κ3) is 6.35. The number of imidazole rings is 1. The Hall–Kier alpha value is -2.38. The number of fused-ring (bicyclic) bond motifs is 2. The van der Waals surface area contributed by atoms with Crippen LogP contribution in [0.25, 0.3) is 11.2 Å². The number of nitrogens with zero attached hydrogens (tertiary/aromatic N) is 4. The van der Waals surface area contributed by atoms with Gasteiger partial charge in [0.05, 0.1) is 49.8 Å². The largest absolute Gasteiger partial charge is 0.405 e. The SMILES string of the molecule is CC(C)(CO)C(=O)SCCOP(=O)(NCc1ccccc1)OC[C@H]1CC2C(n3cnc4c(N)ncnc43)[C@H]2O1. The van der Waals surface area contributed by atoms with Gasteiger partial charge in [-0.25, -0.2) is 24.6 Å². The van der Waals surface area contributed by atoms with Crippen molar-refractivity contribution in [1.29, 1.82) is 0 Å². The Morgan fingerprint density at radius 3 is 2.79 bits per heavy atom. The third-order valence-corrected chi connectivity index (χ3v) is 9.67. The first-order chi connectivity index (χ1) is 18.7. The molecule has 2 aliphatic rings. The molecule has 0 amide bonds. The van der Waals surface area contributed by atoms with Gasteiger partial charge in [-0.15, -0.1) is 0 Å². The van der Waals surface area contributed by atoms with Gasteiger partial charge in [-0.2, -0.15) is 0 Å². The number of hydrogen-bond acceptors (Lipinski definition) is 11. The molecule has 3 aromatic rings. The summed E-state index contributed by atoms with van der Waals surface area (Å²) < 4.78 is 33.2. The molecule has 2 aromatic heterocycles. The highest BCUT2D eigenvalue weighted by molar-refractivity contribution is 8.13. The molecule has 2 fully saturated rings. The van der Waals surface area contributed by atoms with Crippen LogP contribution >= 0.6 is 19.5 Å². The fourth-order valence-corrected chi connectivity index (χ4v) is 6.83. The molecule has 0 spiro atoms. The van der Waals surface area contributed by atoms with Crippen LogP contribution < -0.4 is 10.8 Å². The van der Waals surface area contributed by atoms with Gasteiger partial charge in [0, 0.05) is 18.2 Å². The number of carbonyl (C=O) groups is 1. The highest BCUT2D eigenvalue weighted by atomic mass is 32.2. The van der Waals surface area contributed by atoms with Crippen molar-refractivity contribution in [2.24, 2.45) is 11.3 Å². The molecule has 1 aliphatic carbocycles. The van der Waals surface area contributed by atoms with Gasteiger partial charge in [-0.05, 0) is 25.8 Å². The van der Waals surface area contributed by atoms with Crippen molar-refractivity contribution < 1.29 is 28.3 Å². The van der Waals surface area contributed by atoms with Gasteiger partial charge in [-0.3, -0.25) is 13.8 Å². The predicted molar refractivity (Wildman–Crippen MR) is 147 cm³/mol. The van der Waals surface area contributed by atoms with Crippen LogP contribution in [0.1, 0.15) is 31.9 Å². The van der Waals surface area contributed by atoms with E-state index in [9.17, 15) is 14.5 Å². The Kier molecular flexibility index (Phi) is 8.39. The van der Waals surface area contributed by atoms with Crippen LogP contribution in [0.3, 0.4) is 0 Å². The number of thioether (sulfide) groups is 1. The van der Waals surface area contributed by atoms with Gasteiger partial charge in [0.1, 0.15) is 11.8 Å². The fraction of sp³-hybridized carbons (Fsp3) is 0.520. The van der Waals surface area contributed by atoms with E-state index in [4.69, 9.17) is 19.5 Å². The molecule has 0 radical (unpaired) electrons. The average molecular weight is 577 g/mol. The van der Waals surface area contributed by atoms with Crippen molar-refractivity contribution in [3.63, 3.8) is 0 Å². The molecule has 14 heteroatoms. The maximum Gasteiger partial charge on any atom is 0.405 e. The maximum absolute atomic E-state index is 13.6. The van der Waals surface area contributed by atoms with Crippen LogP contribution in [-0.2, 0) is 29.7 Å². The third-order valence-electron chi connectivity index (χ3n) is 6.92.